The molecule has 0 spiro atoms. The fraction of sp³-hybridized carbons (Fsp3) is 0.238. The maximum atomic E-state index is 12.7. The van der Waals surface area contributed by atoms with Crippen LogP contribution in [0, 0.1) is 13.8 Å². The van der Waals surface area contributed by atoms with Crippen LogP contribution in [-0.2, 0) is 11.3 Å². The van der Waals surface area contributed by atoms with E-state index in [1.54, 1.807) is 13.2 Å². The molecule has 4 aromatic rings. The van der Waals surface area contributed by atoms with Crippen LogP contribution in [0.15, 0.2) is 51.9 Å². The summed E-state index contributed by atoms with van der Waals surface area (Å²) in [5.41, 5.74) is 4.12. The molecular weight excluding hydrogens is 360 g/mol. The smallest absolute Gasteiger partial charge is 0.315 e. The molecule has 0 bridgehead atoms. The highest BCUT2D eigenvalue weighted by molar-refractivity contribution is 7.16. The largest absolute Gasteiger partial charge is 0.451 e. The molecule has 0 atom stereocenters. The zero-order valence-electron chi connectivity index (χ0n) is 15.5. The van der Waals surface area contributed by atoms with Gasteiger partial charge in [0.1, 0.15) is 5.58 Å². The van der Waals surface area contributed by atoms with Crippen molar-refractivity contribution in [3.8, 4) is 0 Å². The number of fused-ring (bicyclic) bond motifs is 2. The summed E-state index contributed by atoms with van der Waals surface area (Å²) in [6.45, 7) is 5.33. The summed E-state index contributed by atoms with van der Waals surface area (Å²) in [4.78, 5) is 17.8. The molecule has 0 radical (unpaired) electrons. The van der Waals surface area contributed by atoms with Gasteiger partial charge in [-0.2, -0.15) is 4.99 Å². The molecule has 2 aromatic heterocycles. The van der Waals surface area contributed by atoms with E-state index in [1.165, 1.54) is 22.5 Å². The highest BCUT2D eigenvalue weighted by Gasteiger charge is 2.14. The van der Waals surface area contributed by atoms with Crippen LogP contribution < -0.4 is 4.80 Å². The average molecular weight is 380 g/mol. The second-order valence-corrected chi connectivity index (χ2v) is 7.50. The summed E-state index contributed by atoms with van der Waals surface area (Å²) < 4.78 is 14.1. The standard InChI is InChI=1S/C21H20N2O3S/c1-13-10-14(2)19-16(11-13)23(8-9-25-3)21(27-19)22-20(24)18-12-15-6-4-5-7-17(15)26-18/h4-7,10-12H,8-9H2,1-3H3. The van der Waals surface area contributed by atoms with Gasteiger partial charge in [0.05, 0.1) is 16.8 Å². The normalized spacial score (nSPS) is 12.3. The predicted molar refractivity (Wildman–Crippen MR) is 107 cm³/mol. The summed E-state index contributed by atoms with van der Waals surface area (Å²) >= 11 is 1.52. The van der Waals surface area contributed by atoms with Crippen molar-refractivity contribution in [1.82, 2.24) is 4.57 Å². The van der Waals surface area contributed by atoms with Gasteiger partial charge < -0.3 is 13.7 Å². The Hall–Kier alpha value is -2.70. The van der Waals surface area contributed by atoms with Gasteiger partial charge >= 0.3 is 5.91 Å². The number of para-hydroxylation sites is 1. The molecule has 5 nitrogen and oxygen atoms in total. The van der Waals surface area contributed by atoms with Gasteiger partial charge in [0.2, 0.25) is 0 Å². The molecule has 0 aliphatic heterocycles. The quantitative estimate of drug-likeness (QED) is 0.525. The lowest BCUT2D eigenvalue weighted by atomic mass is 10.1. The summed E-state index contributed by atoms with van der Waals surface area (Å²) in [5, 5.41) is 0.895. The molecule has 0 aliphatic rings. The molecular formula is C21H20N2O3S. The molecule has 0 N–H and O–H groups in total. The molecule has 0 unspecified atom stereocenters. The molecule has 138 valence electrons. The number of hydrogen-bond acceptors (Lipinski definition) is 4. The monoisotopic (exact) mass is 380 g/mol. The van der Waals surface area contributed by atoms with Crippen LogP contribution >= 0.6 is 11.3 Å². The zero-order chi connectivity index (χ0) is 19.0. The fourth-order valence-electron chi connectivity index (χ4n) is 3.23. The summed E-state index contributed by atoms with van der Waals surface area (Å²) in [6, 6.07) is 13.6. The Morgan fingerprint density at radius 3 is 2.81 bits per heavy atom. The van der Waals surface area contributed by atoms with Crippen LogP contribution in [0.25, 0.3) is 21.2 Å². The third kappa shape index (κ3) is 3.34. The summed E-state index contributed by atoms with van der Waals surface area (Å²) in [7, 11) is 1.67. The van der Waals surface area contributed by atoms with Crippen molar-refractivity contribution in [3.05, 3.63) is 64.2 Å². The highest BCUT2D eigenvalue weighted by atomic mass is 32.1. The number of nitrogens with zero attached hydrogens (tertiary/aromatic N) is 2. The Labute approximate surface area is 160 Å². The van der Waals surface area contributed by atoms with Crippen LogP contribution in [0.3, 0.4) is 0 Å². The molecule has 4 rings (SSSR count). The molecule has 1 amide bonds. The van der Waals surface area contributed by atoms with Gasteiger partial charge in [-0.15, -0.1) is 0 Å². The van der Waals surface area contributed by atoms with E-state index < -0.39 is 0 Å². The van der Waals surface area contributed by atoms with Gasteiger partial charge in [-0.25, -0.2) is 0 Å². The number of hydrogen-bond donors (Lipinski definition) is 0. The van der Waals surface area contributed by atoms with Gasteiger partial charge in [0.25, 0.3) is 0 Å². The Bertz CT molecular complexity index is 1180. The predicted octanol–water partition coefficient (Wildman–Crippen LogP) is 4.45. The van der Waals surface area contributed by atoms with E-state index in [9.17, 15) is 4.79 Å². The minimum Gasteiger partial charge on any atom is -0.451 e. The van der Waals surface area contributed by atoms with Crippen LogP contribution in [0.4, 0.5) is 0 Å². The summed E-state index contributed by atoms with van der Waals surface area (Å²) in [5.74, 6) is -0.127. The Morgan fingerprint density at radius 1 is 1.22 bits per heavy atom. The van der Waals surface area contributed by atoms with Crippen LogP contribution in [0.2, 0.25) is 0 Å². The first kappa shape index (κ1) is 17.7. The van der Waals surface area contributed by atoms with Crippen molar-refractivity contribution in [2.24, 2.45) is 4.99 Å². The van der Waals surface area contributed by atoms with Crippen LogP contribution in [-0.4, -0.2) is 24.2 Å². The third-order valence-corrected chi connectivity index (χ3v) is 5.70. The number of rotatable bonds is 4. The van der Waals surface area contributed by atoms with E-state index in [4.69, 9.17) is 9.15 Å². The fourth-order valence-corrected chi connectivity index (χ4v) is 4.33. The number of carbonyl (C=O) groups excluding carboxylic acids is 1. The zero-order valence-corrected chi connectivity index (χ0v) is 16.3. The molecule has 0 fully saturated rings. The number of benzene rings is 2. The maximum absolute atomic E-state index is 12.7. The van der Waals surface area contributed by atoms with Crippen LogP contribution in [0.1, 0.15) is 21.7 Å². The number of furan rings is 1. The van der Waals surface area contributed by atoms with E-state index in [2.05, 4.69) is 31.0 Å². The first-order chi connectivity index (χ1) is 13.1. The number of methoxy groups -OCH3 is 1. The van der Waals surface area contributed by atoms with E-state index in [0.29, 0.717) is 23.5 Å². The Morgan fingerprint density at radius 2 is 2.04 bits per heavy atom. The van der Waals surface area contributed by atoms with Gasteiger partial charge in [0, 0.05) is 19.0 Å². The maximum Gasteiger partial charge on any atom is 0.315 e. The Balaban J connectivity index is 1.85. The van der Waals surface area contributed by atoms with E-state index in [-0.39, 0.29) is 11.7 Å². The second kappa shape index (κ2) is 7.13. The second-order valence-electron chi connectivity index (χ2n) is 6.52. The minimum absolute atomic E-state index is 0.250. The molecule has 6 heteroatoms. The van der Waals surface area contributed by atoms with Crippen molar-refractivity contribution in [1.29, 1.82) is 0 Å². The summed E-state index contributed by atoms with van der Waals surface area (Å²) in [6.07, 6.45) is 0. The van der Waals surface area contributed by atoms with Crippen LogP contribution in [0.5, 0.6) is 0 Å². The van der Waals surface area contributed by atoms with Crippen molar-refractivity contribution in [2.75, 3.05) is 13.7 Å². The molecule has 2 aromatic carbocycles. The number of amides is 1. The van der Waals surface area contributed by atoms with Crippen molar-refractivity contribution in [3.63, 3.8) is 0 Å². The lowest BCUT2D eigenvalue weighted by Gasteiger charge is -2.05. The van der Waals surface area contributed by atoms with Gasteiger partial charge in [0.15, 0.2) is 10.6 Å². The first-order valence-corrected chi connectivity index (χ1v) is 9.55. The number of ether oxygens (including phenoxy) is 1. The molecule has 27 heavy (non-hydrogen) atoms. The number of carbonyl (C=O) groups is 1. The van der Waals surface area contributed by atoms with Crippen molar-refractivity contribution in [2.45, 2.75) is 20.4 Å². The average Bonchev–Trinajstić information content (AvgIpc) is 3.22. The molecule has 0 saturated carbocycles. The number of aromatic nitrogens is 1. The molecule has 0 aliphatic carbocycles. The van der Waals surface area contributed by atoms with E-state index in [0.717, 1.165) is 15.6 Å². The number of aryl methyl sites for hydroxylation is 2. The van der Waals surface area contributed by atoms with Gasteiger partial charge in [-0.05, 0) is 43.2 Å². The van der Waals surface area contributed by atoms with E-state index >= 15 is 0 Å². The van der Waals surface area contributed by atoms with Crippen molar-refractivity contribution >= 4 is 38.4 Å². The number of thiazole rings is 1. The van der Waals surface area contributed by atoms with Crippen molar-refractivity contribution < 1.29 is 13.9 Å². The Kier molecular flexibility index (Phi) is 4.68. The highest BCUT2D eigenvalue weighted by Crippen LogP contribution is 2.24. The lowest BCUT2D eigenvalue weighted by Crippen LogP contribution is -2.19. The topological polar surface area (TPSA) is 56.7 Å². The minimum atomic E-state index is -0.377. The first-order valence-electron chi connectivity index (χ1n) is 8.74. The lowest BCUT2D eigenvalue weighted by molar-refractivity contribution is 0.0973. The van der Waals surface area contributed by atoms with E-state index in [1.807, 2.05) is 28.8 Å². The van der Waals surface area contributed by atoms with Gasteiger partial charge in [-0.3, -0.25) is 4.79 Å². The third-order valence-electron chi connectivity index (χ3n) is 4.47. The molecule has 2 heterocycles. The SMILES string of the molecule is COCCn1c(=NC(=O)c2cc3ccccc3o2)sc2c(C)cc(C)cc21. The molecule has 0 saturated heterocycles. The van der Waals surface area contributed by atoms with Gasteiger partial charge in [-0.1, -0.05) is 35.6 Å².